The highest BCUT2D eigenvalue weighted by Crippen LogP contribution is 2.22. The van der Waals surface area contributed by atoms with Gasteiger partial charge in [-0.05, 0) is 19.8 Å². The molecule has 0 fully saturated rings. The molecular weight excluding hydrogens is 262 g/mol. The number of carbonyl (C=O) groups is 3. The molecule has 0 aromatic rings. The van der Waals surface area contributed by atoms with Gasteiger partial charge < -0.3 is 14.7 Å². The molecule has 0 aromatic carbocycles. The van der Waals surface area contributed by atoms with Gasteiger partial charge >= 0.3 is 11.9 Å². The van der Waals surface area contributed by atoms with Crippen LogP contribution in [-0.4, -0.2) is 48.1 Å². The maximum Gasteiger partial charge on any atom is 0.309 e. The average Bonchev–Trinajstić information content (AvgIpc) is 2.32. The van der Waals surface area contributed by atoms with Crippen molar-refractivity contribution in [1.29, 1.82) is 0 Å². The fourth-order valence-corrected chi connectivity index (χ4v) is 1.65. The Kier molecular flexibility index (Phi) is 7.24. The fraction of sp³-hybridized carbons (Fsp3) is 0.786. The summed E-state index contributed by atoms with van der Waals surface area (Å²) in [4.78, 5) is 36.0. The highest BCUT2D eigenvalue weighted by molar-refractivity contribution is 5.84. The molecule has 1 amide bonds. The average molecular weight is 287 g/mol. The number of carboxylic acid groups (broad SMARTS) is 1. The molecule has 6 heteroatoms. The van der Waals surface area contributed by atoms with Crippen molar-refractivity contribution in [2.45, 2.75) is 40.5 Å². The summed E-state index contributed by atoms with van der Waals surface area (Å²) in [6, 6.07) is 0. The number of nitrogens with zero attached hydrogens (tertiary/aromatic N) is 1. The first-order valence-electron chi connectivity index (χ1n) is 6.68. The Balaban J connectivity index is 4.72. The summed E-state index contributed by atoms with van der Waals surface area (Å²) in [5.74, 6) is -1.41. The summed E-state index contributed by atoms with van der Waals surface area (Å²) < 4.78 is 4.55. The molecule has 0 bridgehead atoms. The Morgan fingerprint density at radius 3 is 2.20 bits per heavy atom. The van der Waals surface area contributed by atoms with Crippen molar-refractivity contribution in [3.63, 3.8) is 0 Å². The van der Waals surface area contributed by atoms with Crippen LogP contribution >= 0.6 is 0 Å². The summed E-state index contributed by atoms with van der Waals surface area (Å²) in [6.07, 6.45) is 0.0265. The van der Waals surface area contributed by atoms with Crippen molar-refractivity contribution >= 4 is 17.8 Å². The Morgan fingerprint density at radius 1 is 1.25 bits per heavy atom. The third-order valence-corrected chi connectivity index (χ3v) is 2.92. The predicted molar refractivity (Wildman–Crippen MR) is 74.1 cm³/mol. The second-order valence-corrected chi connectivity index (χ2v) is 5.93. The van der Waals surface area contributed by atoms with Gasteiger partial charge in [-0.15, -0.1) is 0 Å². The van der Waals surface area contributed by atoms with Gasteiger partial charge in [0.15, 0.2) is 0 Å². The molecule has 0 aromatic heterocycles. The summed E-state index contributed by atoms with van der Waals surface area (Å²) in [6.45, 7) is 7.69. The van der Waals surface area contributed by atoms with E-state index in [1.165, 1.54) is 25.9 Å². The van der Waals surface area contributed by atoms with Crippen LogP contribution in [0.2, 0.25) is 0 Å². The van der Waals surface area contributed by atoms with E-state index >= 15 is 0 Å². The Hall–Kier alpha value is -1.59. The quantitative estimate of drug-likeness (QED) is 0.684. The number of ether oxygens (including phenoxy) is 1. The van der Waals surface area contributed by atoms with E-state index in [4.69, 9.17) is 5.11 Å². The SMILES string of the molecule is COC(=O)CCN(CC(C)C)C(=O)CC(C)(C)C(=O)O. The molecule has 0 aliphatic heterocycles. The summed E-state index contributed by atoms with van der Waals surface area (Å²) in [7, 11) is 1.30. The zero-order chi connectivity index (χ0) is 15.9. The molecule has 0 spiro atoms. The van der Waals surface area contributed by atoms with Crippen LogP contribution in [0.5, 0.6) is 0 Å². The lowest BCUT2D eigenvalue weighted by molar-refractivity contribution is -0.152. The van der Waals surface area contributed by atoms with Crippen LogP contribution in [0, 0.1) is 11.3 Å². The van der Waals surface area contributed by atoms with Gasteiger partial charge in [-0.25, -0.2) is 0 Å². The molecule has 6 nitrogen and oxygen atoms in total. The highest BCUT2D eigenvalue weighted by Gasteiger charge is 2.32. The summed E-state index contributed by atoms with van der Waals surface area (Å²) in [5.41, 5.74) is -1.11. The lowest BCUT2D eigenvalue weighted by Gasteiger charge is -2.27. The Morgan fingerprint density at radius 2 is 1.80 bits per heavy atom. The van der Waals surface area contributed by atoms with Crippen molar-refractivity contribution in [1.82, 2.24) is 4.90 Å². The zero-order valence-corrected chi connectivity index (χ0v) is 12.9. The minimum Gasteiger partial charge on any atom is -0.481 e. The number of carbonyl (C=O) groups excluding carboxylic acids is 2. The molecule has 20 heavy (non-hydrogen) atoms. The normalized spacial score (nSPS) is 11.3. The van der Waals surface area contributed by atoms with Crippen LogP contribution in [0.4, 0.5) is 0 Å². The van der Waals surface area contributed by atoms with E-state index in [-0.39, 0.29) is 37.2 Å². The first kappa shape index (κ1) is 18.4. The minimum absolute atomic E-state index is 0.0871. The number of esters is 1. The van der Waals surface area contributed by atoms with E-state index in [1.807, 2.05) is 13.8 Å². The van der Waals surface area contributed by atoms with Gasteiger partial charge in [0.1, 0.15) is 0 Å². The number of hydrogen-bond acceptors (Lipinski definition) is 4. The maximum absolute atomic E-state index is 12.2. The van der Waals surface area contributed by atoms with Crippen molar-refractivity contribution in [3.8, 4) is 0 Å². The van der Waals surface area contributed by atoms with E-state index in [0.29, 0.717) is 6.54 Å². The second kappa shape index (κ2) is 7.87. The van der Waals surface area contributed by atoms with Crippen LogP contribution < -0.4 is 0 Å². The zero-order valence-electron chi connectivity index (χ0n) is 12.9. The van der Waals surface area contributed by atoms with Gasteiger partial charge in [0.2, 0.25) is 5.91 Å². The Labute approximate surface area is 120 Å². The van der Waals surface area contributed by atoms with E-state index < -0.39 is 11.4 Å². The first-order valence-corrected chi connectivity index (χ1v) is 6.68. The molecule has 0 atom stereocenters. The third kappa shape index (κ3) is 6.54. The number of carboxylic acids is 1. The van der Waals surface area contributed by atoms with Gasteiger partial charge in [-0.1, -0.05) is 13.8 Å². The fourth-order valence-electron chi connectivity index (χ4n) is 1.65. The third-order valence-electron chi connectivity index (χ3n) is 2.92. The van der Waals surface area contributed by atoms with Gasteiger partial charge in [-0.3, -0.25) is 14.4 Å². The second-order valence-electron chi connectivity index (χ2n) is 5.93. The molecule has 0 saturated heterocycles. The monoisotopic (exact) mass is 287 g/mol. The smallest absolute Gasteiger partial charge is 0.309 e. The Bertz CT molecular complexity index is 363. The van der Waals surface area contributed by atoms with Crippen molar-refractivity contribution < 1.29 is 24.2 Å². The van der Waals surface area contributed by atoms with Crippen molar-refractivity contribution in [2.24, 2.45) is 11.3 Å². The largest absolute Gasteiger partial charge is 0.481 e. The van der Waals surface area contributed by atoms with E-state index in [1.54, 1.807) is 0 Å². The van der Waals surface area contributed by atoms with Gasteiger partial charge in [0, 0.05) is 19.5 Å². The van der Waals surface area contributed by atoms with E-state index in [2.05, 4.69) is 4.74 Å². The van der Waals surface area contributed by atoms with Crippen molar-refractivity contribution in [3.05, 3.63) is 0 Å². The highest BCUT2D eigenvalue weighted by atomic mass is 16.5. The summed E-state index contributed by atoms with van der Waals surface area (Å²) >= 11 is 0. The molecule has 0 rings (SSSR count). The van der Waals surface area contributed by atoms with Crippen LogP contribution in [0.3, 0.4) is 0 Å². The van der Waals surface area contributed by atoms with Gasteiger partial charge in [-0.2, -0.15) is 0 Å². The minimum atomic E-state index is -1.11. The van der Waals surface area contributed by atoms with E-state index in [0.717, 1.165) is 0 Å². The number of hydrogen-bond donors (Lipinski definition) is 1. The first-order chi connectivity index (χ1) is 9.10. The topological polar surface area (TPSA) is 83.9 Å². The molecule has 0 unspecified atom stereocenters. The number of aliphatic carboxylic acids is 1. The molecule has 0 radical (unpaired) electrons. The van der Waals surface area contributed by atoms with Gasteiger partial charge in [0.05, 0.1) is 18.9 Å². The van der Waals surface area contributed by atoms with Crippen LogP contribution in [0.25, 0.3) is 0 Å². The molecule has 116 valence electrons. The number of amides is 1. The molecule has 0 aliphatic carbocycles. The molecule has 0 saturated carbocycles. The lowest BCUT2D eigenvalue weighted by Crippen LogP contribution is -2.40. The number of rotatable bonds is 8. The van der Waals surface area contributed by atoms with Crippen LogP contribution in [0.1, 0.15) is 40.5 Å². The van der Waals surface area contributed by atoms with E-state index in [9.17, 15) is 14.4 Å². The predicted octanol–water partition coefficient (Wildman–Crippen LogP) is 1.53. The van der Waals surface area contributed by atoms with Crippen LogP contribution in [0.15, 0.2) is 0 Å². The van der Waals surface area contributed by atoms with Gasteiger partial charge in [0.25, 0.3) is 0 Å². The molecule has 0 aliphatic rings. The lowest BCUT2D eigenvalue weighted by atomic mass is 9.89. The maximum atomic E-state index is 12.2. The van der Waals surface area contributed by atoms with Crippen molar-refractivity contribution in [2.75, 3.05) is 20.2 Å². The van der Waals surface area contributed by atoms with Crippen LogP contribution in [-0.2, 0) is 19.1 Å². The molecular formula is C14H25NO5. The molecule has 1 N–H and O–H groups in total. The standard InChI is InChI=1S/C14H25NO5/c1-10(2)9-15(7-6-12(17)20-5)11(16)8-14(3,4)13(18)19/h10H,6-9H2,1-5H3,(H,18,19). The summed E-state index contributed by atoms with van der Waals surface area (Å²) in [5, 5.41) is 9.07. The molecule has 0 heterocycles. The number of methoxy groups -OCH3 is 1.